The van der Waals surface area contributed by atoms with Gasteiger partial charge in [-0.2, -0.15) is 0 Å². The lowest BCUT2D eigenvalue weighted by atomic mass is 9.86. The second kappa shape index (κ2) is 6.36. The number of rotatable bonds is 5. The number of nitrogens with one attached hydrogen (secondary N) is 1. The van der Waals surface area contributed by atoms with Crippen molar-refractivity contribution in [3.05, 3.63) is 0 Å². The third-order valence-electron chi connectivity index (χ3n) is 3.17. The summed E-state index contributed by atoms with van der Waals surface area (Å²) in [4.78, 5) is 13.6. The van der Waals surface area contributed by atoms with Crippen LogP contribution in [0.1, 0.15) is 34.1 Å². The van der Waals surface area contributed by atoms with Gasteiger partial charge < -0.3 is 15.0 Å². The second-order valence-corrected chi connectivity index (χ2v) is 5.77. The van der Waals surface area contributed by atoms with E-state index in [9.17, 15) is 4.79 Å². The zero-order chi connectivity index (χ0) is 12.9. The van der Waals surface area contributed by atoms with Gasteiger partial charge in [0.15, 0.2) is 0 Å². The molecule has 1 saturated heterocycles. The molecule has 17 heavy (non-hydrogen) atoms. The van der Waals surface area contributed by atoms with Gasteiger partial charge in [-0.15, -0.1) is 0 Å². The SMILES string of the molecule is CCCNC(CN1CCOCC1=O)C(C)(C)C. The molecule has 0 bridgehead atoms. The maximum atomic E-state index is 11.7. The highest BCUT2D eigenvalue weighted by atomic mass is 16.5. The van der Waals surface area contributed by atoms with Crippen molar-refractivity contribution in [2.24, 2.45) is 5.41 Å². The minimum absolute atomic E-state index is 0.115. The van der Waals surface area contributed by atoms with Crippen LogP contribution in [-0.2, 0) is 9.53 Å². The van der Waals surface area contributed by atoms with Gasteiger partial charge in [-0.3, -0.25) is 4.79 Å². The fourth-order valence-electron chi connectivity index (χ4n) is 1.93. The van der Waals surface area contributed by atoms with Gasteiger partial charge >= 0.3 is 0 Å². The Balaban J connectivity index is 2.55. The number of amides is 1. The predicted molar refractivity (Wildman–Crippen MR) is 68.9 cm³/mol. The summed E-state index contributed by atoms with van der Waals surface area (Å²) in [6.45, 7) is 12.2. The molecule has 1 unspecified atom stereocenters. The van der Waals surface area contributed by atoms with Gasteiger partial charge in [-0.05, 0) is 18.4 Å². The van der Waals surface area contributed by atoms with E-state index in [0.717, 1.165) is 26.1 Å². The van der Waals surface area contributed by atoms with Gasteiger partial charge in [0.05, 0.1) is 6.61 Å². The van der Waals surface area contributed by atoms with Crippen molar-refractivity contribution < 1.29 is 9.53 Å². The lowest BCUT2D eigenvalue weighted by Crippen LogP contribution is -2.53. The molecule has 1 atom stereocenters. The van der Waals surface area contributed by atoms with Crippen LogP contribution in [0, 0.1) is 5.41 Å². The van der Waals surface area contributed by atoms with E-state index >= 15 is 0 Å². The first-order chi connectivity index (χ1) is 7.95. The Hall–Kier alpha value is -0.610. The zero-order valence-corrected chi connectivity index (χ0v) is 11.6. The number of ether oxygens (including phenoxy) is 1. The van der Waals surface area contributed by atoms with Crippen LogP contribution in [-0.4, -0.2) is 49.7 Å². The van der Waals surface area contributed by atoms with Crippen LogP contribution in [0.15, 0.2) is 0 Å². The second-order valence-electron chi connectivity index (χ2n) is 5.77. The Labute approximate surface area is 105 Å². The van der Waals surface area contributed by atoms with Crippen molar-refractivity contribution in [2.45, 2.75) is 40.2 Å². The van der Waals surface area contributed by atoms with Crippen LogP contribution in [0.3, 0.4) is 0 Å². The molecule has 1 N–H and O–H groups in total. The highest BCUT2D eigenvalue weighted by Crippen LogP contribution is 2.20. The average molecular weight is 242 g/mol. The van der Waals surface area contributed by atoms with E-state index in [2.05, 4.69) is 33.0 Å². The molecule has 0 aromatic heterocycles. The first-order valence-electron chi connectivity index (χ1n) is 6.54. The third-order valence-corrected chi connectivity index (χ3v) is 3.17. The topological polar surface area (TPSA) is 41.6 Å². The molecular weight excluding hydrogens is 216 g/mol. The van der Waals surface area contributed by atoms with Crippen LogP contribution >= 0.6 is 0 Å². The highest BCUT2D eigenvalue weighted by Gasteiger charge is 2.29. The largest absolute Gasteiger partial charge is 0.370 e. The average Bonchev–Trinajstić information content (AvgIpc) is 2.25. The van der Waals surface area contributed by atoms with Crippen molar-refractivity contribution in [1.82, 2.24) is 10.2 Å². The molecule has 0 aliphatic carbocycles. The number of carbonyl (C=O) groups excluding carboxylic acids is 1. The molecule has 0 saturated carbocycles. The van der Waals surface area contributed by atoms with Crippen LogP contribution < -0.4 is 5.32 Å². The number of hydrogen-bond acceptors (Lipinski definition) is 3. The maximum Gasteiger partial charge on any atom is 0.248 e. The first-order valence-corrected chi connectivity index (χ1v) is 6.54. The van der Waals surface area contributed by atoms with Crippen LogP contribution in [0.4, 0.5) is 0 Å². The van der Waals surface area contributed by atoms with Crippen molar-refractivity contribution in [3.63, 3.8) is 0 Å². The van der Waals surface area contributed by atoms with E-state index in [4.69, 9.17) is 4.74 Å². The van der Waals surface area contributed by atoms with E-state index in [1.54, 1.807) is 0 Å². The normalized spacial score (nSPS) is 19.5. The Kier molecular flexibility index (Phi) is 5.40. The molecule has 100 valence electrons. The molecule has 1 rings (SSSR count). The molecule has 1 fully saturated rings. The molecule has 1 aliphatic heterocycles. The monoisotopic (exact) mass is 242 g/mol. The molecule has 4 heteroatoms. The van der Waals surface area contributed by atoms with Crippen molar-refractivity contribution >= 4 is 5.91 Å². The maximum absolute atomic E-state index is 11.7. The Morgan fingerprint density at radius 2 is 2.18 bits per heavy atom. The van der Waals surface area contributed by atoms with E-state index in [-0.39, 0.29) is 17.9 Å². The Morgan fingerprint density at radius 1 is 1.47 bits per heavy atom. The van der Waals surface area contributed by atoms with Gasteiger partial charge in [0.25, 0.3) is 0 Å². The molecular formula is C13H26N2O2. The molecule has 0 radical (unpaired) electrons. The first kappa shape index (κ1) is 14.5. The number of nitrogens with zero attached hydrogens (tertiary/aromatic N) is 1. The lowest BCUT2D eigenvalue weighted by molar-refractivity contribution is -0.143. The van der Waals surface area contributed by atoms with Gasteiger partial charge in [0, 0.05) is 19.1 Å². The summed E-state index contributed by atoms with van der Waals surface area (Å²) < 4.78 is 5.15. The smallest absolute Gasteiger partial charge is 0.248 e. The van der Waals surface area contributed by atoms with E-state index in [0.29, 0.717) is 12.6 Å². The molecule has 0 aromatic carbocycles. The fraction of sp³-hybridized carbons (Fsp3) is 0.923. The van der Waals surface area contributed by atoms with Crippen molar-refractivity contribution in [2.75, 3.05) is 32.8 Å². The number of carbonyl (C=O) groups is 1. The minimum Gasteiger partial charge on any atom is -0.370 e. The molecule has 1 amide bonds. The van der Waals surface area contributed by atoms with Crippen molar-refractivity contribution in [1.29, 1.82) is 0 Å². The van der Waals surface area contributed by atoms with E-state index in [1.165, 1.54) is 0 Å². The summed E-state index contributed by atoms with van der Waals surface area (Å²) in [5.74, 6) is 0.115. The van der Waals surface area contributed by atoms with Gasteiger partial charge in [0.2, 0.25) is 5.91 Å². The standard InChI is InChI=1S/C13H26N2O2/c1-5-6-14-11(13(2,3)4)9-15-7-8-17-10-12(15)16/h11,14H,5-10H2,1-4H3. The molecule has 4 nitrogen and oxygen atoms in total. The zero-order valence-electron chi connectivity index (χ0n) is 11.6. The molecule has 1 heterocycles. The third kappa shape index (κ3) is 4.64. The highest BCUT2D eigenvalue weighted by molar-refractivity contribution is 5.78. The Morgan fingerprint density at radius 3 is 2.71 bits per heavy atom. The summed E-state index contributed by atoms with van der Waals surface area (Å²) in [5.41, 5.74) is 0.160. The summed E-state index contributed by atoms with van der Waals surface area (Å²) in [6, 6.07) is 0.337. The van der Waals surface area contributed by atoms with Crippen molar-refractivity contribution in [3.8, 4) is 0 Å². The Bertz CT molecular complexity index is 248. The number of hydrogen-bond donors (Lipinski definition) is 1. The lowest BCUT2D eigenvalue weighted by Gasteiger charge is -2.37. The van der Waals surface area contributed by atoms with Gasteiger partial charge in [-0.1, -0.05) is 27.7 Å². The molecule has 0 spiro atoms. The number of morpholine rings is 1. The quantitative estimate of drug-likeness (QED) is 0.789. The summed E-state index contributed by atoms with van der Waals surface area (Å²) >= 11 is 0. The van der Waals surface area contributed by atoms with Crippen LogP contribution in [0.2, 0.25) is 0 Å². The minimum atomic E-state index is 0.115. The van der Waals surface area contributed by atoms with Crippen LogP contribution in [0.25, 0.3) is 0 Å². The fourth-order valence-corrected chi connectivity index (χ4v) is 1.93. The van der Waals surface area contributed by atoms with E-state index < -0.39 is 0 Å². The van der Waals surface area contributed by atoms with E-state index in [1.807, 2.05) is 4.90 Å². The van der Waals surface area contributed by atoms with Gasteiger partial charge in [0.1, 0.15) is 6.61 Å². The molecule has 1 aliphatic rings. The van der Waals surface area contributed by atoms with Crippen LogP contribution in [0.5, 0.6) is 0 Å². The summed E-state index contributed by atoms with van der Waals surface area (Å²) in [6.07, 6.45) is 1.11. The summed E-state index contributed by atoms with van der Waals surface area (Å²) in [5, 5.41) is 3.54. The predicted octanol–water partition coefficient (Wildman–Crippen LogP) is 1.26. The molecule has 0 aromatic rings. The van der Waals surface area contributed by atoms with Gasteiger partial charge in [-0.25, -0.2) is 0 Å². The summed E-state index contributed by atoms with van der Waals surface area (Å²) in [7, 11) is 0.